The van der Waals surface area contributed by atoms with Crippen molar-refractivity contribution in [3.63, 3.8) is 0 Å². The van der Waals surface area contributed by atoms with E-state index >= 15 is 0 Å². The van der Waals surface area contributed by atoms with E-state index < -0.39 is 6.10 Å². The summed E-state index contributed by atoms with van der Waals surface area (Å²) in [7, 11) is 0. The lowest BCUT2D eigenvalue weighted by molar-refractivity contribution is -0.154. The number of ether oxygens (including phenoxy) is 2. The number of unbranched alkanes of at least 4 members (excludes halogenated alkanes) is 16. The highest BCUT2D eigenvalue weighted by atomic mass is 16.6. The molecule has 0 rings (SSSR count). The summed E-state index contributed by atoms with van der Waals surface area (Å²) in [5, 5.41) is 9.51. The standard InChI is InChI=1S/C35H64O4/c1-3-5-7-9-11-13-15-16-17-18-19-21-23-25-27-29-31-38-33-34(32-36)39-35(37)30-28-26-24-22-20-14-12-10-8-6-4-2/h5,7,11,13,16-17,34,36H,3-4,6,8-10,12,14-15,18-33H2,1-2H3/b7-5-,13-11-,17-16-. The second kappa shape index (κ2) is 32.8. The third-order valence-corrected chi connectivity index (χ3v) is 6.98. The Balaban J connectivity index is 3.47. The van der Waals surface area contributed by atoms with Crippen LogP contribution in [0, 0.1) is 0 Å². The van der Waals surface area contributed by atoms with Crippen LogP contribution in [-0.2, 0) is 14.3 Å². The topological polar surface area (TPSA) is 55.8 Å². The molecule has 0 aromatic rings. The van der Waals surface area contributed by atoms with Crippen LogP contribution in [0.25, 0.3) is 0 Å². The van der Waals surface area contributed by atoms with Crippen molar-refractivity contribution in [1.82, 2.24) is 0 Å². The first-order valence-electron chi connectivity index (χ1n) is 16.6. The molecule has 0 saturated heterocycles. The van der Waals surface area contributed by atoms with Gasteiger partial charge in [0.05, 0.1) is 13.2 Å². The van der Waals surface area contributed by atoms with Gasteiger partial charge in [0.15, 0.2) is 0 Å². The first kappa shape index (κ1) is 37.6. The van der Waals surface area contributed by atoms with Crippen molar-refractivity contribution in [3.8, 4) is 0 Å². The number of aliphatic hydroxyl groups excluding tert-OH is 1. The van der Waals surface area contributed by atoms with Crippen LogP contribution in [0.3, 0.4) is 0 Å². The molecule has 228 valence electrons. The van der Waals surface area contributed by atoms with Crippen molar-refractivity contribution in [3.05, 3.63) is 36.5 Å². The van der Waals surface area contributed by atoms with E-state index in [-0.39, 0.29) is 19.2 Å². The minimum Gasteiger partial charge on any atom is -0.457 e. The third kappa shape index (κ3) is 31.0. The molecule has 1 N–H and O–H groups in total. The number of carbonyl (C=O) groups is 1. The van der Waals surface area contributed by atoms with Gasteiger partial charge in [0.1, 0.15) is 6.10 Å². The number of carbonyl (C=O) groups excluding carboxylic acids is 1. The average molecular weight is 549 g/mol. The largest absolute Gasteiger partial charge is 0.457 e. The SMILES string of the molecule is CC/C=C\C/C=C\C/C=C\CCCCCCCCOCC(CO)OC(=O)CCCCCCCCCCCCC. The van der Waals surface area contributed by atoms with E-state index in [9.17, 15) is 9.90 Å². The predicted molar refractivity (Wildman–Crippen MR) is 168 cm³/mol. The lowest BCUT2D eigenvalue weighted by atomic mass is 10.1. The van der Waals surface area contributed by atoms with Crippen molar-refractivity contribution in [2.75, 3.05) is 19.8 Å². The zero-order chi connectivity index (χ0) is 28.5. The summed E-state index contributed by atoms with van der Waals surface area (Å²) in [5.41, 5.74) is 0. The fraction of sp³-hybridized carbons (Fsp3) is 0.800. The highest BCUT2D eigenvalue weighted by Gasteiger charge is 2.13. The van der Waals surface area contributed by atoms with E-state index in [0.29, 0.717) is 13.0 Å². The van der Waals surface area contributed by atoms with Gasteiger partial charge in [-0.15, -0.1) is 0 Å². The van der Waals surface area contributed by atoms with Crippen LogP contribution in [0.2, 0.25) is 0 Å². The van der Waals surface area contributed by atoms with Crippen LogP contribution in [0.5, 0.6) is 0 Å². The maximum atomic E-state index is 12.1. The zero-order valence-electron chi connectivity index (χ0n) is 25.9. The minimum atomic E-state index is -0.536. The van der Waals surface area contributed by atoms with E-state index in [1.807, 2.05) is 0 Å². The molecular formula is C35H64O4. The van der Waals surface area contributed by atoms with Gasteiger partial charge in [-0.3, -0.25) is 4.79 Å². The number of rotatable bonds is 30. The molecule has 0 spiro atoms. The highest BCUT2D eigenvalue weighted by molar-refractivity contribution is 5.69. The predicted octanol–water partition coefficient (Wildman–Crippen LogP) is 10.2. The molecule has 0 heterocycles. The second-order valence-electron chi connectivity index (χ2n) is 10.9. The van der Waals surface area contributed by atoms with Crippen LogP contribution in [0.4, 0.5) is 0 Å². The summed E-state index contributed by atoms with van der Waals surface area (Å²) in [5.74, 6) is -0.209. The van der Waals surface area contributed by atoms with Crippen molar-refractivity contribution in [2.24, 2.45) is 0 Å². The molecular weight excluding hydrogens is 484 g/mol. The third-order valence-electron chi connectivity index (χ3n) is 6.98. The number of esters is 1. The number of hydrogen-bond acceptors (Lipinski definition) is 4. The monoisotopic (exact) mass is 548 g/mol. The molecule has 0 aliphatic heterocycles. The van der Waals surface area contributed by atoms with E-state index in [1.165, 1.54) is 89.9 Å². The maximum absolute atomic E-state index is 12.1. The summed E-state index contributed by atoms with van der Waals surface area (Å²) in [6, 6.07) is 0. The average Bonchev–Trinajstić information content (AvgIpc) is 2.94. The van der Waals surface area contributed by atoms with Crippen LogP contribution in [0.1, 0.15) is 155 Å². The molecule has 0 aliphatic rings. The molecule has 0 fully saturated rings. The zero-order valence-corrected chi connectivity index (χ0v) is 25.9. The molecule has 0 amide bonds. The van der Waals surface area contributed by atoms with Crippen molar-refractivity contribution < 1.29 is 19.4 Å². The fourth-order valence-electron chi connectivity index (χ4n) is 4.52. The molecule has 0 saturated carbocycles. The summed E-state index contributed by atoms with van der Waals surface area (Å²) in [6.07, 6.45) is 38.9. The van der Waals surface area contributed by atoms with Gasteiger partial charge < -0.3 is 14.6 Å². The van der Waals surface area contributed by atoms with Gasteiger partial charge in [-0.25, -0.2) is 0 Å². The molecule has 0 bridgehead atoms. The van der Waals surface area contributed by atoms with Gasteiger partial charge in [0, 0.05) is 13.0 Å². The first-order valence-corrected chi connectivity index (χ1v) is 16.6. The quantitative estimate of drug-likeness (QED) is 0.0551. The van der Waals surface area contributed by atoms with E-state index in [2.05, 4.69) is 50.3 Å². The molecule has 0 aromatic carbocycles. The second-order valence-corrected chi connectivity index (χ2v) is 10.9. The van der Waals surface area contributed by atoms with Gasteiger partial charge in [-0.2, -0.15) is 0 Å². The summed E-state index contributed by atoms with van der Waals surface area (Å²) < 4.78 is 11.1. The van der Waals surface area contributed by atoms with Crippen LogP contribution in [0.15, 0.2) is 36.5 Å². The molecule has 4 nitrogen and oxygen atoms in total. The molecule has 39 heavy (non-hydrogen) atoms. The molecule has 0 aliphatic carbocycles. The van der Waals surface area contributed by atoms with Crippen molar-refractivity contribution in [1.29, 1.82) is 0 Å². The molecule has 1 unspecified atom stereocenters. The number of aliphatic hydroxyl groups is 1. The van der Waals surface area contributed by atoms with E-state index in [4.69, 9.17) is 9.47 Å². The molecule has 4 heteroatoms. The van der Waals surface area contributed by atoms with Gasteiger partial charge in [0.25, 0.3) is 0 Å². The summed E-state index contributed by atoms with van der Waals surface area (Å²) in [4.78, 5) is 12.1. The Morgan fingerprint density at radius 3 is 1.74 bits per heavy atom. The van der Waals surface area contributed by atoms with Crippen LogP contribution in [-0.4, -0.2) is 37.0 Å². The Hall–Kier alpha value is -1.39. The fourth-order valence-corrected chi connectivity index (χ4v) is 4.52. The number of hydrogen-bond donors (Lipinski definition) is 1. The lowest BCUT2D eigenvalue weighted by Crippen LogP contribution is -2.27. The van der Waals surface area contributed by atoms with E-state index in [1.54, 1.807) is 0 Å². The van der Waals surface area contributed by atoms with Crippen molar-refractivity contribution in [2.45, 2.75) is 161 Å². The Labute approximate surface area is 242 Å². The molecule has 0 radical (unpaired) electrons. The van der Waals surface area contributed by atoms with E-state index in [0.717, 1.165) is 44.9 Å². The van der Waals surface area contributed by atoms with Gasteiger partial charge in [0.2, 0.25) is 0 Å². The summed E-state index contributed by atoms with van der Waals surface area (Å²) >= 11 is 0. The minimum absolute atomic E-state index is 0.176. The molecule has 0 aromatic heterocycles. The van der Waals surface area contributed by atoms with Crippen LogP contribution < -0.4 is 0 Å². The Bertz CT molecular complexity index is 581. The summed E-state index contributed by atoms with van der Waals surface area (Å²) in [6.45, 7) is 5.20. The Morgan fingerprint density at radius 1 is 0.641 bits per heavy atom. The first-order chi connectivity index (χ1) is 19.2. The van der Waals surface area contributed by atoms with Gasteiger partial charge in [-0.05, 0) is 44.9 Å². The lowest BCUT2D eigenvalue weighted by Gasteiger charge is -2.15. The van der Waals surface area contributed by atoms with Crippen LogP contribution >= 0.6 is 0 Å². The highest BCUT2D eigenvalue weighted by Crippen LogP contribution is 2.13. The number of allylic oxidation sites excluding steroid dienone is 6. The molecule has 1 atom stereocenters. The van der Waals surface area contributed by atoms with Crippen molar-refractivity contribution >= 4 is 5.97 Å². The smallest absolute Gasteiger partial charge is 0.306 e. The van der Waals surface area contributed by atoms with Gasteiger partial charge in [-0.1, -0.05) is 140 Å². The Morgan fingerprint density at radius 2 is 1.15 bits per heavy atom. The Kier molecular flexibility index (Phi) is 31.7. The maximum Gasteiger partial charge on any atom is 0.306 e. The van der Waals surface area contributed by atoms with Gasteiger partial charge >= 0.3 is 5.97 Å². The normalized spacial score (nSPS) is 12.8.